The number of methoxy groups -OCH3 is 1. The summed E-state index contributed by atoms with van der Waals surface area (Å²) >= 11 is 0. The third-order valence-corrected chi connectivity index (χ3v) is 3.13. The standard InChI is InChI=1S/C15H13FN2O4/c1-17(11-4-3-5-12(9-11)18(20)21)15(19)10-6-7-13(16)14(8-10)22-2/h3-9H,1-2H3. The van der Waals surface area contributed by atoms with Crippen LogP contribution in [0.15, 0.2) is 42.5 Å². The van der Waals surface area contributed by atoms with Crippen LogP contribution in [0.1, 0.15) is 10.4 Å². The Labute approximate surface area is 125 Å². The number of hydrogen-bond donors (Lipinski definition) is 0. The number of carbonyl (C=O) groups excluding carboxylic acids is 1. The summed E-state index contributed by atoms with van der Waals surface area (Å²) in [7, 11) is 2.79. The van der Waals surface area contributed by atoms with Crippen LogP contribution < -0.4 is 9.64 Å². The van der Waals surface area contributed by atoms with Gasteiger partial charge in [-0.2, -0.15) is 0 Å². The van der Waals surface area contributed by atoms with Crippen LogP contribution in [0, 0.1) is 15.9 Å². The molecule has 7 heteroatoms. The Balaban J connectivity index is 2.33. The van der Waals surface area contributed by atoms with Gasteiger partial charge in [0, 0.05) is 24.7 Å². The number of carbonyl (C=O) groups is 1. The Bertz CT molecular complexity index is 733. The number of anilines is 1. The minimum Gasteiger partial charge on any atom is -0.494 e. The zero-order valence-electron chi connectivity index (χ0n) is 11.9. The third-order valence-electron chi connectivity index (χ3n) is 3.13. The summed E-state index contributed by atoms with van der Waals surface area (Å²) in [6.07, 6.45) is 0. The van der Waals surface area contributed by atoms with Gasteiger partial charge in [-0.25, -0.2) is 4.39 Å². The van der Waals surface area contributed by atoms with Crippen molar-refractivity contribution in [2.24, 2.45) is 0 Å². The number of nitrogens with zero attached hydrogens (tertiary/aromatic N) is 2. The molecule has 0 unspecified atom stereocenters. The van der Waals surface area contributed by atoms with Crippen molar-refractivity contribution in [3.05, 3.63) is 64.0 Å². The molecular weight excluding hydrogens is 291 g/mol. The largest absolute Gasteiger partial charge is 0.494 e. The predicted octanol–water partition coefficient (Wildman–Crippen LogP) is 3.02. The van der Waals surface area contributed by atoms with Crippen LogP contribution in [-0.2, 0) is 0 Å². The van der Waals surface area contributed by atoms with Crippen LogP contribution in [0.2, 0.25) is 0 Å². The molecule has 2 aromatic carbocycles. The third kappa shape index (κ3) is 3.03. The topological polar surface area (TPSA) is 72.7 Å². The molecule has 0 aromatic heterocycles. The fraction of sp³-hybridized carbons (Fsp3) is 0.133. The van der Waals surface area contributed by atoms with Gasteiger partial charge in [-0.15, -0.1) is 0 Å². The number of nitro benzene ring substituents is 1. The monoisotopic (exact) mass is 304 g/mol. The number of amides is 1. The summed E-state index contributed by atoms with van der Waals surface area (Å²) in [6.45, 7) is 0. The second kappa shape index (κ2) is 6.21. The Morgan fingerprint density at radius 2 is 2.00 bits per heavy atom. The number of rotatable bonds is 4. The smallest absolute Gasteiger partial charge is 0.271 e. The summed E-state index contributed by atoms with van der Waals surface area (Å²) in [6, 6.07) is 9.43. The minimum absolute atomic E-state index is 0.0432. The second-order valence-corrected chi connectivity index (χ2v) is 4.49. The van der Waals surface area contributed by atoms with Gasteiger partial charge in [-0.1, -0.05) is 6.07 Å². The van der Waals surface area contributed by atoms with Crippen LogP contribution in [0.5, 0.6) is 5.75 Å². The van der Waals surface area contributed by atoms with Gasteiger partial charge >= 0.3 is 0 Å². The number of ether oxygens (including phenoxy) is 1. The van der Waals surface area contributed by atoms with Gasteiger partial charge in [0.15, 0.2) is 11.6 Å². The fourth-order valence-electron chi connectivity index (χ4n) is 1.92. The first kappa shape index (κ1) is 15.4. The van der Waals surface area contributed by atoms with E-state index in [9.17, 15) is 19.3 Å². The molecular formula is C15H13FN2O4. The van der Waals surface area contributed by atoms with Gasteiger partial charge in [-0.3, -0.25) is 14.9 Å². The second-order valence-electron chi connectivity index (χ2n) is 4.49. The van der Waals surface area contributed by atoms with Crippen LogP contribution in [0.3, 0.4) is 0 Å². The molecule has 0 aliphatic heterocycles. The van der Waals surface area contributed by atoms with Gasteiger partial charge < -0.3 is 9.64 Å². The molecule has 0 saturated heterocycles. The van der Waals surface area contributed by atoms with Crippen molar-refractivity contribution in [3.63, 3.8) is 0 Å². The molecule has 0 bridgehead atoms. The molecule has 0 fully saturated rings. The van der Waals surface area contributed by atoms with Gasteiger partial charge in [0.1, 0.15) is 0 Å². The highest BCUT2D eigenvalue weighted by Gasteiger charge is 2.17. The van der Waals surface area contributed by atoms with E-state index < -0.39 is 16.6 Å². The van der Waals surface area contributed by atoms with Crippen LogP contribution in [0.25, 0.3) is 0 Å². The Hall–Kier alpha value is -2.96. The van der Waals surface area contributed by atoms with Crippen molar-refractivity contribution in [1.82, 2.24) is 0 Å². The average molecular weight is 304 g/mol. The van der Waals surface area contributed by atoms with Gasteiger partial charge in [0.05, 0.1) is 17.7 Å². The molecule has 0 spiro atoms. The maximum atomic E-state index is 13.4. The van der Waals surface area contributed by atoms with E-state index in [1.807, 2.05) is 0 Å². The summed E-state index contributed by atoms with van der Waals surface area (Å²) in [4.78, 5) is 23.9. The predicted molar refractivity (Wildman–Crippen MR) is 78.8 cm³/mol. The first-order valence-corrected chi connectivity index (χ1v) is 6.30. The number of hydrogen-bond acceptors (Lipinski definition) is 4. The molecule has 0 aliphatic carbocycles. The van der Waals surface area contributed by atoms with Gasteiger partial charge in [0.25, 0.3) is 11.6 Å². The molecule has 114 valence electrons. The molecule has 0 aliphatic rings. The van der Waals surface area contributed by atoms with E-state index in [0.717, 1.165) is 6.07 Å². The molecule has 0 radical (unpaired) electrons. The molecule has 0 saturated carbocycles. The number of halogens is 1. The van der Waals surface area contributed by atoms with Crippen molar-refractivity contribution < 1.29 is 18.8 Å². The highest BCUT2D eigenvalue weighted by atomic mass is 19.1. The Morgan fingerprint density at radius 3 is 2.64 bits per heavy atom. The SMILES string of the molecule is COc1cc(C(=O)N(C)c2cccc([N+](=O)[O-])c2)ccc1F. The maximum absolute atomic E-state index is 13.4. The number of non-ortho nitro benzene ring substituents is 1. The fourth-order valence-corrected chi connectivity index (χ4v) is 1.92. The first-order chi connectivity index (χ1) is 10.4. The number of nitro groups is 1. The molecule has 2 rings (SSSR count). The van der Waals surface area contributed by atoms with Crippen molar-refractivity contribution in [3.8, 4) is 5.75 Å². The Morgan fingerprint density at radius 1 is 1.27 bits per heavy atom. The normalized spacial score (nSPS) is 10.1. The van der Waals surface area contributed by atoms with E-state index >= 15 is 0 Å². The van der Waals surface area contributed by atoms with Crippen molar-refractivity contribution in [2.75, 3.05) is 19.1 Å². The molecule has 1 amide bonds. The van der Waals surface area contributed by atoms with Gasteiger partial charge in [0.2, 0.25) is 0 Å². The molecule has 6 nitrogen and oxygen atoms in total. The summed E-state index contributed by atoms with van der Waals surface area (Å²) < 4.78 is 18.2. The lowest BCUT2D eigenvalue weighted by atomic mass is 10.1. The zero-order valence-corrected chi connectivity index (χ0v) is 11.9. The summed E-state index contributed by atoms with van der Waals surface area (Å²) in [5.74, 6) is -1.05. The van der Waals surface area contributed by atoms with Crippen molar-refractivity contribution in [1.29, 1.82) is 0 Å². The molecule has 0 N–H and O–H groups in total. The van der Waals surface area contributed by atoms with Crippen molar-refractivity contribution >= 4 is 17.3 Å². The Kier molecular flexibility index (Phi) is 4.36. The van der Waals surface area contributed by atoms with Crippen LogP contribution in [-0.4, -0.2) is 25.0 Å². The first-order valence-electron chi connectivity index (χ1n) is 6.30. The van der Waals surface area contributed by atoms with E-state index in [4.69, 9.17) is 4.74 Å². The highest BCUT2D eigenvalue weighted by Crippen LogP contribution is 2.23. The quantitative estimate of drug-likeness (QED) is 0.643. The summed E-state index contributed by atoms with van der Waals surface area (Å²) in [5, 5.41) is 10.8. The average Bonchev–Trinajstić information content (AvgIpc) is 2.54. The van der Waals surface area contributed by atoms with Crippen molar-refractivity contribution in [2.45, 2.75) is 0 Å². The molecule has 22 heavy (non-hydrogen) atoms. The van der Waals surface area contributed by atoms with E-state index in [2.05, 4.69) is 0 Å². The lowest BCUT2D eigenvalue weighted by molar-refractivity contribution is -0.384. The maximum Gasteiger partial charge on any atom is 0.271 e. The zero-order chi connectivity index (χ0) is 16.3. The van der Waals surface area contributed by atoms with Crippen LogP contribution >= 0.6 is 0 Å². The molecule has 2 aromatic rings. The highest BCUT2D eigenvalue weighted by molar-refractivity contribution is 6.06. The lowest BCUT2D eigenvalue weighted by Gasteiger charge is -2.17. The number of benzene rings is 2. The van der Waals surface area contributed by atoms with E-state index in [1.54, 1.807) is 6.07 Å². The van der Waals surface area contributed by atoms with E-state index in [1.165, 1.54) is 49.4 Å². The lowest BCUT2D eigenvalue weighted by Crippen LogP contribution is -2.26. The van der Waals surface area contributed by atoms with Crippen LogP contribution in [0.4, 0.5) is 15.8 Å². The molecule has 0 heterocycles. The van der Waals surface area contributed by atoms with Gasteiger partial charge in [-0.05, 0) is 24.3 Å². The van der Waals surface area contributed by atoms with E-state index in [-0.39, 0.29) is 17.0 Å². The van der Waals surface area contributed by atoms with E-state index in [0.29, 0.717) is 5.69 Å². The summed E-state index contributed by atoms with van der Waals surface area (Å²) in [5.41, 5.74) is 0.462. The molecule has 0 atom stereocenters. The minimum atomic E-state index is -0.572.